The van der Waals surface area contributed by atoms with Gasteiger partial charge in [-0.3, -0.25) is 0 Å². The fourth-order valence-electron chi connectivity index (χ4n) is 9.36. The Morgan fingerprint density at radius 2 is 1.28 bits per heavy atom. The van der Waals surface area contributed by atoms with Gasteiger partial charge >= 0.3 is 0 Å². The van der Waals surface area contributed by atoms with Crippen LogP contribution in [0.2, 0.25) is 0 Å². The molecule has 2 aliphatic carbocycles. The summed E-state index contributed by atoms with van der Waals surface area (Å²) >= 11 is 0. The van der Waals surface area contributed by atoms with Crippen LogP contribution in [-0.4, -0.2) is 80.4 Å². The summed E-state index contributed by atoms with van der Waals surface area (Å²) in [7, 11) is 5.70. The minimum Gasteiger partial charge on any atom is -0.384 e. The number of hydrogen-bond acceptors (Lipinski definition) is 6. The summed E-state index contributed by atoms with van der Waals surface area (Å²) < 4.78 is 17.4. The molecule has 0 aromatic carbocycles. The first kappa shape index (κ1) is 23.5. The van der Waals surface area contributed by atoms with Crippen LogP contribution >= 0.6 is 0 Å². The molecule has 2 saturated carbocycles. The Hall–Kier alpha value is -0.240. The Morgan fingerprint density at radius 3 is 2.03 bits per heavy atom. The molecule has 11 unspecified atom stereocenters. The molecule has 0 spiro atoms. The molecule has 3 saturated heterocycles. The van der Waals surface area contributed by atoms with E-state index >= 15 is 0 Å². The summed E-state index contributed by atoms with van der Waals surface area (Å²) in [5.41, 5.74) is 0. The topological polar surface area (TPSA) is 63.8 Å². The summed E-state index contributed by atoms with van der Waals surface area (Å²) in [6.45, 7) is 9.89. The number of ether oxygens (including phenoxy) is 3. The number of piperidine rings is 1. The van der Waals surface area contributed by atoms with Crippen LogP contribution in [0.1, 0.15) is 19.3 Å². The van der Waals surface area contributed by atoms with Crippen molar-refractivity contribution in [3.05, 3.63) is 0 Å². The fourth-order valence-corrected chi connectivity index (χ4v) is 9.36. The smallest absolute Gasteiger partial charge is 0.0496 e. The zero-order valence-corrected chi connectivity index (χ0v) is 20.6. The van der Waals surface area contributed by atoms with Gasteiger partial charge < -0.3 is 30.2 Å². The van der Waals surface area contributed by atoms with E-state index in [9.17, 15) is 0 Å². The van der Waals surface area contributed by atoms with Gasteiger partial charge in [-0.2, -0.15) is 0 Å². The zero-order valence-electron chi connectivity index (χ0n) is 20.6. The van der Waals surface area contributed by atoms with E-state index in [2.05, 4.69) is 16.0 Å². The number of methoxy groups -OCH3 is 3. The average Bonchev–Trinajstić information content (AvgIpc) is 3.51. The van der Waals surface area contributed by atoms with Gasteiger partial charge in [0, 0.05) is 41.2 Å². The van der Waals surface area contributed by atoms with E-state index in [0.29, 0.717) is 17.8 Å². The Kier molecular flexibility index (Phi) is 7.76. The van der Waals surface area contributed by atoms with Crippen LogP contribution in [0, 0.1) is 65.1 Å². The number of nitrogens with one attached hydrogen (secondary N) is 3. The molecule has 0 bridgehead atoms. The molecule has 184 valence electrons. The summed E-state index contributed by atoms with van der Waals surface area (Å²) in [6.07, 6.45) is 3.95. The maximum Gasteiger partial charge on any atom is 0.0496 e. The highest BCUT2D eigenvalue weighted by Crippen LogP contribution is 2.59. The summed E-state index contributed by atoms with van der Waals surface area (Å²) in [6, 6.07) is 0. The van der Waals surface area contributed by atoms with E-state index in [-0.39, 0.29) is 0 Å². The molecule has 5 fully saturated rings. The van der Waals surface area contributed by atoms with E-state index in [4.69, 9.17) is 14.2 Å². The Morgan fingerprint density at radius 1 is 0.625 bits per heavy atom. The molecule has 5 rings (SSSR count). The minimum absolute atomic E-state index is 0.675. The van der Waals surface area contributed by atoms with Gasteiger partial charge in [-0.25, -0.2) is 0 Å². The standard InChI is InChI=1S/C26H47N3O3/c1-30-13-16-6-18-8-28-9-20(18)19(7-16)25-22-11-29-12-23(22)26(24(25)15-32-3)21-10-27-5-4-17(21)14-31-2/h16-29H,4-15H2,1-3H3. The molecule has 0 radical (unpaired) electrons. The normalized spacial score (nSPS) is 48.7. The second kappa shape index (κ2) is 10.6. The lowest BCUT2D eigenvalue weighted by Crippen LogP contribution is -2.47. The van der Waals surface area contributed by atoms with E-state index < -0.39 is 0 Å². The largest absolute Gasteiger partial charge is 0.384 e. The quantitative estimate of drug-likeness (QED) is 0.524. The maximum absolute atomic E-state index is 6.00. The predicted octanol–water partition coefficient (Wildman–Crippen LogP) is 1.71. The van der Waals surface area contributed by atoms with Crippen molar-refractivity contribution in [3.8, 4) is 0 Å². The highest BCUT2D eigenvalue weighted by molar-refractivity contribution is 5.09. The van der Waals surface area contributed by atoms with Crippen LogP contribution in [-0.2, 0) is 14.2 Å². The molecule has 3 heterocycles. The van der Waals surface area contributed by atoms with Crippen molar-refractivity contribution in [1.29, 1.82) is 0 Å². The van der Waals surface area contributed by atoms with E-state index in [0.717, 1.165) is 80.3 Å². The lowest BCUT2D eigenvalue weighted by atomic mass is 9.60. The zero-order chi connectivity index (χ0) is 22.1. The molecule has 5 aliphatic rings. The molecule has 6 nitrogen and oxygen atoms in total. The van der Waals surface area contributed by atoms with Gasteiger partial charge in [0.25, 0.3) is 0 Å². The monoisotopic (exact) mass is 449 g/mol. The predicted molar refractivity (Wildman–Crippen MR) is 126 cm³/mol. The van der Waals surface area contributed by atoms with Crippen LogP contribution in [0.4, 0.5) is 0 Å². The third-order valence-corrected chi connectivity index (χ3v) is 10.3. The van der Waals surface area contributed by atoms with Crippen LogP contribution in [0.15, 0.2) is 0 Å². The first-order valence-electron chi connectivity index (χ1n) is 13.4. The second-order valence-corrected chi connectivity index (χ2v) is 11.7. The summed E-state index contributed by atoms with van der Waals surface area (Å²) in [5, 5.41) is 11.4. The minimum atomic E-state index is 0.675. The molecular weight excluding hydrogens is 402 g/mol. The van der Waals surface area contributed by atoms with Gasteiger partial charge in [-0.1, -0.05) is 0 Å². The van der Waals surface area contributed by atoms with Gasteiger partial charge in [-0.05, 0) is 124 Å². The van der Waals surface area contributed by atoms with Crippen molar-refractivity contribution < 1.29 is 14.2 Å². The Balaban J connectivity index is 1.46. The SMILES string of the molecule is COCC1CC2CNCC2C(C2C3CNCC3C(C3CNCCC3COC)C2COC)C1. The van der Waals surface area contributed by atoms with Crippen LogP contribution in [0.5, 0.6) is 0 Å². The molecule has 3 aliphatic heterocycles. The van der Waals surface area contributed by atoms with Gasteiger partial charge in [0.05, 0.1) is 0 Å². The fraction of sp³-hybridized carbons (Fsp3) is 1.00. The molecule has 3 N–H and O–H groups in total. The average molecular weight is 450 g/mol. The molecule has 0 aromatic heterocycles. The lowest BCUT2D eigenvalue weighted by Gasteiger charge is -2.46. The van der Waals surface area contributed by atoms with Crippen LogP contribution in [0.3, 0.4) is 0 Å². The van der Waals surface area contributed by atoms with Crippen molar-refractivity contribution >= 4 is 0 Å². The maximum atomic E-state index is 6.00. The lowest BCUT2D eigenvalue weighted by molar-refractivity contribution is -0.0124. The first-order chi connectivity index (χ1) is 15.8. The number of rotatable bonds is 8. The van der Waals surface area contributed by atoms with E-state index in [1.807, 2.05) is 21.3 Å². The van der Waals surface area contributed by atoms with Gasteiger partial charge in [-0.15, -0.1) is 0 Å². The second-order valence-electron chi connectivity index (χ2n) is 11.7. The van der Waals surface area contributed by atoms with E-state index in [1.165, 1.54) is 45.4 Å². The van der Waals surface area contributed by atoms with Crippen molar-refractivity contribution in [2.24, 2.45) is 65.1 Å². The van der Waals surface area contributed by atoms with Gasteiger partial charge in [0.2, 0.25) is 0 Å². The van der Waals surface area contributed by atoms with Crippen molar-refractivity contribution in [1.82, 2.24) is 16.0 Å². The third kappa shape index (κ3) is 4.29. The van der Waals surface area contributed by atoms with Gasteiger partial charge in [0.1, 0.15) is 0 Å². The molecule has 32 heavy (non-hydrogen) atoms. The molecule has 11 atom stereocenters. The van der Waals surface area contributed by atoms with E-state index in [1.54, 1.807) is 0 Å². The highest BCUT2D eigenvalue weighted by Gasteiger charge is 2.59. The highest BCUT2D eigenvalue weighted by atomic mass is 16.5. The van der Waals surface area contributed by atoms with Crippen molar-refractivity contribution in [2.75, 3.05) is 80.4 Å². The molecule has 6 heteroatoms. The van der Waals surface area contributed by atoms with Crippen LogP contribution < -0.4 is 16.0 Å². The molecule has 0 aromatic rings. The Bertz CT molecular complexity index is 605. The molecule has 0 amide bonds. The van der Waals surface area contributed by atoms with Crippen molar-refractivity contribution in [2.45, 2.75) is 19.3 Å². The first-order valence-corrected chi connectivity index (χ1v) is 13.4. The van der Waals surface area contributed by atoms with Gasteiger partial charge in [0.15, 0.2) is 0 Å². The summed E-state index contributed by atoms with van der Waals surface area (Å²) in [5.74, 6) is 8.37. The summed E-state index contributed by atoms with van der Waals surface area (Å²) in [4.78, 5) is 0. The number of fused-ring (bicyclic) bond motifs is 2. The number of hydrogen-bond donors (Lipinski definition) is 3. The van der Waals surface area contributed by atoms with Crippen molar-refractivity contribution in [3.63, 3.8) is 0 Å². The molecular formula is C26H47N3O3. The third-order valence-electron chi connectivity index (χ3n) is 10.3. The Labute approximate surface area is 195 Å². The van der Waals surface area contributed by atoms with Crippen LogP contribution in [0.25, 0.3) is 0 Å².